The number of hydrogen-bond donors (Lipinski definition) is 3. The number of thiol groups is 1. The van der Waals surface area contributed by atoms with Gasteiger partial charge >= 0.3 is 7.12 Å². The van der Waals surface area contributed by atoms with E-state index in [0.29, 0.717) is 17.0 Å². The second-order valence-corrected chi connectivity index (χ2v) is 6.78. The molecule has 22 heavy (non-hydrogen) atoms. The normalized spacial score (nSPS) is 20.5. The zero-order chi connectivity index (χ0) is 16.7. The van der Waals surface area contributed by atoms with Crippen molar-refractivity contribution in [1.82, 2.24) is 0 Å². The summed E-state index contributed by atoms with van der Waals surface area (Å²) in [5.74, 6) is -0.0439. The van der Waals surface area contributed by atoms with E-state index in [1.807, 2.05) is 27.7 Å². The Bertz CT molecular complexity index is 604. The lowest BCUT2D eigenvalue weighted by atomic mass is 9.78. The highest BCUT2D eigenvalue weighted by atomic mass is 32.1. The maximum absolute atomic E-state index is 13.5. The summed E-state index contributed by atoms with van der Waals surface area (Å²) in [6, 6.07) is 2.53. The van der Waals surface area contributed by atoms with Crippen LogP contribution in [-0.4, -0.2) is 24.1 Å². The maximum Gasteiger partial charge on any atom is 0.491 e. The molecule has 1 aliphatic rings. The second-order valence-electron chi connectivity index (χ2n) is 6.46. The lowest BCUT2D eigenvalue weighted by molar-refractivity contribution is 0.00578. The molecule has 4 nitrogen and oxygen atoms in total. The summed E-state index contributed by atoms with van der Waals surface area (Å²) >= 11 is 4.33. The molecule has 0 amide bonds. The first-order chi connectivity index (χ1) is 10.1. The molecule has 0 spiro atoms. The van der Waals surface area contributed by atoms with E-state index in [0.717, 1.165) is 5.47 Å². The highest BCUT2D eigenvalue weighted by Crippen LogP contribution is 2.39. The van der Waals surface area contributed by atoms with Gasteiger partial charge in [0.1, 0.15) is 5.82 Å². The van der Waals surface area contributed by atoms with Crippen LogP contribution in [0.5, 0.6) is 0 Å². The lowest BCUT2D eigenvalue weighted by Crippen LogP contribution is -2.41. The Morgan fingerprint density at radius 1 is 1.23 bits per heavy atom. The van der Waals surface area contributed by atoms with Gasteiger partial charge in [0.15, 0.2) is 0 Å². The van der Waals surface area contributed by atoms with Crippen LogP contribution in [-0.2, 0) is 9.31 Å². The molecule has 1 aromatic rings. The molecular weight excluding hydrogens is 302 g/mol. The van der Waals surface area contributed by atoms with Crippen LogP contribution in [0.25, 0.3) is 6.08 Å². The summed E-state index contributed by atoms with van der Waals surface area (Å²) < 4.78 is 25.5. The van der Waals surface area contributed by atoms with E-state index in [1.165, 1.54) is 12.1 Å². The molecule has 0 radical (unpaired) electrons. The summed E-state index contributed by atoms with van der Waals surface area (Å²) in [6.07, 6.45) is 1.73. The lowest BCUT2D eigenvalue weighted by Gasteiger charge is -2.32. The zero-order valence-corrected chi connectivity index (χ0v) is 14.2. The molecule has 1 heterocycles. The first kappa shape index (κ1) is 17.2. The van der Waals surface area contributed by atoms with Crippen LogP contribution in [0.15, 0.2) is 17.6 Å². The summed E-state index contributed by atoms with van der Waals surface area (Å²) in [4.78, 5) is 0. The molecule has 1 fully saturated rings. The van der Waals surface area contributed by atoms with E-state index in [9.17, 15) is 4.39 Å². The molecular formula is C15H22BFN2O2S. The minimum Gasteiger partial charge on any atom is -0.400 e. The molecule has 2 rings (SSSR count). The van der Waals surface area contributed by atoms with Crippen LogP contribution in [0.3, 0.4) is 0 Å². The number of hydrogen-bond acceptors (Lipinski definition) is 5. The van der Waals surface area contributed by atoms with Crippen LogP contribution < -0.4 is 11.5 Å². The Hall–Kier alpha value is -1.18. The average molecular weight is 324 g/mol. The van der Waals surface area contributed by atoms with Gasteiger partial charge in [-0.2, -0.15) is 12.6 Å². The number of nitrogens with two attached hydrogens (primary N) is 2. The van der Waals surface area contributed by atoms with Crippen molar-refractivity contribution in [2.24, 2.45) is 0 Å². The summed E-state index contributed by atoms with van der Waals surface area (Å²) in [6.45, 7) is 7.88. The molecule has 1 aromatic carbocycles. The van der Waals surface area contributed by atoms with Gasteiger partial charge in [-0.25, -0.2) is 4.39 Å². The van der Waals surface area contributed by atoms with Crippen molar-refractivity contribution in [2.75, 3.05) is 17.2 Å². The average Bonchev–Trinajstić information content (AvgIpc) is 2.60. The molecule has 0 saturated carbocycles. The van der Waals surface area contributed by atoms with Crippen molar-refractivity contribution < 1.29 is 13.7 Å². The smallest absolute Gasteiger partial charge is 0.400 e. The van der Waals surface area contributed by atoms with Crippen LogP contribution in [0, 0.1) is 5.82 Å². The van der Waals surface area contributed by atoms with Gasteiger partial charge in [-0.05, 0) is 45.3 Å². The van der Waals surface area contributed by atoms with E-state index in [2.05, 4.69) is 12.6 Å². The molecule has 1 aliphatic heterocycles. The molecule has 0 atom stereocenters. The number of halogens is 1. The van der Waals surface area contributed by atoms with Gasteiger partial charge in [-0.15, -0.1) is 0 Å². The highest BCUT2D eigenvalue weighted by molar-refractivity contribution is 7.80. The SMILES string of the molecule is CC1(C)OB(C(=Cc2cc(F)cc(N)c2N)CS)OC1(C)C. The Morgan fingerprint density at radius 3 is 2.27 bits per heavy atom. The van der Waals surface area contributed by atoms with Crippen LogP contribution in [0.4, 0.5) is 15.8 Å². The zero-order valence-electron chi connectivity index (χ0n) is 13.3. The molecule has 0 unspecified atom stereocenters. The number of nitrogen functional groups attached to an aromatic ring is 2. The summed E-state index contributed by atoms with van der Waals surface area (Å²) in [5, 5.41) is 0. The van der Waals surface area contributed by atoms with Crippen molar-refractivity contribution in [1.29, 1.82) is 0 Å². The molecule has 4 N–H and O–H groups in total. The Labute approximate surface area is 136 Å². The van der Waals surface area contributed by atoms with Crippen molar-refractivity contribution in [2.45, 2.75) is 38.9 Å². The third-order valence-corrected chi connectivity index (χ3v) is 4.65. The molecule has 0 aromatic heterocycles. The molecule has 120 valence electrons. The monoisotopic (exact) mass is 324 g/mol. The van der Waals surface area contributed by atoms with E-state index >= 15 is 0 Å². The van der Waals surface area contributed by atoms with Gasteiger partial charge in [0, 0.05) is 11.3 Å². The summed E-state index contributed by atoms with van der Waals surface area (Å²) in [5.41, 5.74) is 12.5. The van der Waals surface area contributed by atoms with Crippen molar-refractivity contribution in [3.63, 3.8) is 0 Å². The van der Waals surface area contributed by atoms with E-state index in [4.69, 9.17) is 20.8 Å². The predicted molar refractivity (Wildman–Crippen MR) is 93.1 cm³/mol. The standard InChI is InChI=1S/C15H22BFN2O2S/c1-14(2)15(3,4)21-16(20-14)10(8-22)5-9-6-11(17)7-12(18)13(9)19/h5-7,22H,8,18-19H2,1-4H3. The van der Waals surface area contributed by atoms with Gasteiger partial charge in [0.25, 0.3) is 0 Å². The number of rotatable bonds is 3. The van der Waals surface area contributed by atoms with Gasteiger partial charge in [0.05, 0.1) is 22.6 Å². The molecule has 7 heteroatoms. The van der Waals surface area contributed by atoms with Crippen LogP contribution in [0.2, 0.25) is 0 Å². The third-order valence-electron chi connectivity index (χ3n) is 4.29. The Kier molecular flexibility index (Phi) is 4.52. The van der Waals surface area contributed by atoms with Gasteiger partial charge < -0.3 is 20.8 Å². The topological polar surface area (TPSA) is 70.5 Å². The van der Waals surface area contributed by atoms with Gasteiger partial charge in [-0.3, -0.25) is 0 Å². The van der Waals surface area contributed by atoms with E-state index in [-0.39, 0.29) is 5.69 Å². The molecule has 0 aliphatic carbocycles. The minimum absolute atomic E-state index is 0.207. The van der Waals surface area contributed by atoms with Crippen molar-refractivity contribution >= 4 is 37.2 Å². The van der Waals surface area contributed by atoms with E-state index < -0.39 is 24.1 Å². The maximum atomic E-state index is 13.5. The Balaban J connectivity index is 2.38. The van der Waals surface area contributed by atoms with Crippen LogP contribution >= 0.6 is 12.6 Å². The fourth-order valence-electron chi connectivity index (χ4n) is 2.16. The van der Waals surface area contributed by atoms with Crippen molar-refractivity contribution in [3.8, 4) is 0 Å². The third kappa shape index (κ3) is 3.11. The molecule has 1 saturated heterocycles. The second kappa shape index (κ2) is 5.79. The van der Waals surface area contributed by atoms with Gasteiger partial charge in [0.2, 0.25) is 0 Å². The minimum atomic E-state index is -0.550. The Morgan fingerprint density at radius 2 is 1.77 bits per heavy atom. The summed E-state index contributed by atoms with van der Waals surface area (Å²) in [7, 11) is -0.550. The van der Waals surface area contributed by atoms with Crippen LogP contribution in [0.1, 0.15) is 33.3 Å². The first-order valence-corrected chi connectivity index (χ1v) is 7.72. The fraction of sp³-hybridized carbons (Fsp3) is 0.467. The number of anilines is 2. The quantitative estimate of drug-likeness (QED) is 0.454. The van der Waals surface area contributed by atoms with Crippen molar-refractivity contribution in [3.05, 3.63) is 29.0 Å². The first-order valence-electron chi connectivity index (χ1n) is 7.09. The predicted octanol–water partition coefficient (Wildman–Crippen LogP) is 2.93. The number of benzene rings is 1. The molecule has 0 bridgehead atoms. The van der Waals surface area contributed by atoms with E-state index in [1.54, 1.807) is 6.08 Å². The van der Waals surface area contributed by atoms with Gasteiger partial charge in [-0.1, -0.05) is 6.08 Å². The highest BCUT2D eigenvalue weighted by Gasteiger charge is 2.52. The largest absolute Gasteiger partial charge is 0.491 e. The fourth-order valence-corrected chi connectivity index (χ4v) is 2.40.